The highest BCUT2D eigenvalue weighted by molar-refractivity contribution is 5.94. The van der Waals surface area contributed by atoms with Crippen LogP contribution in [0.3, 0.4) is 0 Å². The second-order valence-corrected chi connectivity index (χ2v) is 4.91. The highest BCUT2D eigenvalue weighted by Gasteiger charge is 2.24. The van der Waals surface area contributed by atoms with Gasteiger partial charge in [-0.2, -0.15) is 0 Å². The SMILES string of the molecule is CC(NC(=O)c1cccc(F)c1F)C1CCCC1. The van der Waals surface area contributed by atoms with E-state index in [1.807, 2.05) is 6.92 Å². The maximum Gasteiger partial charge on any atom is 0.254 e. The van der Waals surface area contributed by atoms with Gasteiger partial charge >= 0.3 is 0 Å². The van der Waals surface area contributed by atoms with Crippen LogP contribution in [0.25, 0.3) is 0 Å². The number of nitrogens with one attached hydrogen (secondary N) is 1. The van der Waals surface area contributed by atoms with E-state index >= 15 is 0 Å². The molecule has 98 valence electrons. The fraction of sp³-hybridized carbons (Fsp3) is 0.500. The van der Waals surface area contributed by atoms with Gasteiger partial charge < -0.3 is 5.32 Å². The summed E-state index contributed by atoms with van der Waals surface area (Å²) in [5.74, 6) is -2.15. The Morgan fingerprint density at radius 2 is 2.00 bits per heavy atom. The summed E-state index contributed by atoms with van der Waals surface area (Å²) in [6, 6.07) is 3.65. The van der Waals surface area contributed by atoms with Crippen molar-refractivity contribution in [2.45, 2.75) is 38.6 Å². The molecule has 1 aromatic rings. The summed E-state index contributed by atoms with van der Waals surface area (Å²) in [4.78, 5) is 11.9. The van der Waals surface area contributed by atoms with Crippen LogP contribution < -0.4 is 5.32 Å². The van der Waals surface area contributed by atoms with E-state index in [1.54, 1.807) is 0 Å². The van der Waals surface area contributed by atoms with Crippen LogP contribution in [-0.2, 0) is 0 Å². The first-order chi connectivity index (χ1) is 8.59. The van der Waals surface area contributed by atoms with Gasteiger partial charge in [-0.3, -0.25) is 4.79 Å². The van der Waals surface area contributed by atoms with Crippen LogP contribution >= 0.6 is 0 Å². The first kappa shape index (κ1) is 13.0. The Bertz CT molecular complexity index is 441. The molecule has 1 aromatic carbocycles. The van der Waals surface area contributed by atoms with E-state index in [9.17, 15) is 13.6 Å². The van der Waals surface area contributed by atoms with Gasteiger partial charge in [-0.1, -0.05) is 18.9 Å². The standard InChI is InChI=1S/C14H17F2NO/c1-9(10-5-2-3-6-10)17-14(18)11-7-4-8-12(15)13(11)16/h4,7-10H,2-3,5-6H2,1H3,(H,17,18). The predicted octanol–water partition coefficient (Wildman–Crippen LogP) is 3.27. The molecule has 1 atom stereocenters. The molecule has 0 heterocycles. The van der Waals surface area contributed by atoms with E-state index in [2.05, 4.69) is 5.32 Å². The lowest BCUT2D eigenvalue weighted by Crippen LogP contribution is -2.37. The summed E-state index contributed by atoms with van der Waals surface area (Å²) in [5, 5.41) is 2.76. The van der Waals surface area contributed by atoms with Crippen LogP contribution in [0.4, 0.5) is 8.78 Å². The molecule has 1 aliphatic carbocycles. The number of halogens is 2. The minimum absolute atomic E-state index is 0.00247. The van der Waals surface area contributed by atoms with Crippen molar-refractivity contribution in [2.24, 2.45) is 5.92 Å². The summed E-state index contributed by atoms with van der Waals surface area (Å²) in [7, 11) is 0. The van der Waals surface area contributed by atoms with Crippen molar-refractivity contribution in [3.63, 3.8) is 0 Å². The Balaban J connectivity index is 2.05. The number of hydrogen-bond donors (Lipinski definition) is 1. The number of benzene rings is 1. The molecule has 0 aliphatic heterocycles. The molecule has 1 aliphatic rings. The smallest absolute Gasteiger partial charge is 0.254 e. The van der Waals surface area contributed by atoms with Crippen molar-refractivity contribution in [1.82, 2.24) is 5.32 Å². The maximum absolute atomic E-state index is 13.4. The van der Waals surface area contributed by atoms with Crippen molar-refractivity contribution in [3.05, 3.63) is 35.4 Å². The third kappa shape index (κ3) is 2.68. The van der Waals surface area contributed by atoms with Crippen LogP contribution in [0.5, 0.6) is 0 Å². The minimum Gasteiger partial charge on any atom is -0.349 e. The molecular formula is C14H17F2NO. The van der Waals surface area contributed by atoms with Crippen LogP contribution in [0.1, 0.15) is 43.0 Å². The maximum atomic E-state index is 13.4. The van der Waals surface area contributed by atoms with Crippen LogP contribution in [0.15, 0.2) is 18.2 Å². The quantitative estimate of drug-likeness (QED) is 0.880. The summed E-state index contributed by atoms with van der Waals surface area (Å²) in [6.45, 7) is 1.92. The lowest BCUT2D eigenvalue weighted by atomic mass is 9.99. The van der Waals surface area contributed by atoms with Crippen molar-refractivity contribution >= 4 is 5.91 Å². The van der Waals surface area contributed by atoms with E-state index in [1.165, 1.54) is 25.0 Å². The number of carbonyl (C=O) groups excluding carboxylic acids is 1. The molecule has 4 heteroatoms. The van der Waals surface area contributed by atoms with E-state index in [4.69, 9.17) is 0 Å². The molecule has 0 spiro atoms. The number of carbonyl (C=O) groups is 1. The molecule has 0 bridgehead atoms. The van der Waals surface area contributed by atoms with E-state index < -0.39 is 17.5 Å². The van der Waals surface area contributed by atoms with Crippen LogP contribution in [-0.4, -0.2) is 11.9 Å². The highest BCUT2D eigenvalue weighted by Crippen LogP contribution is 2.27. The molecule has 0 saturated heterocycles. The first-order valence-electron chi connectivity index (χ1n) is 6.34. The summed E-state index contributed by atoms with van der Waals surface area (Å²) < 4.78 is 26.5. The lowest BCUT2D eigenvalue weighted by Gasteiger charge is -2.20. The summed E-state index contributed by atoms with van der Waals surface area (Å²) >= 11 is 0. The molecule has 1 saturated carbocycles. The van der Waals surface area contributed by atoms with Gasteiger partial charge in [0.1, 0.15) is 0 Å². The van der Waals surface area contributed by atoms with Crippen LogP contribution in [0.2, 0.25) is 0 Å². The van der Waals surface area contributed by atoms with Crippen molar-refractivity contribution in [2.75, 3.05) is 0 Å². The molecule has 0 radical (unpaired) electrons. The molecule has 2 nitrogen and oxygen atoms in total. The zero-order chi connectivity index (χ0) is 13.1. The van der Waals surface area contributed by atoms with Gasteiger partial charge in [-0.05, 0) is 37.8 Å². The van der Waals surface area contributed by atoms with E-state index in [-0.39, 0.29) is 11.6 Å². The van der Waals surface area contributed by atoms with Gasteiger partial charge in [0.25, 0.3) is 5.91 Å². The average molecular weight is 253 g/mol. The molecule has 1 fully saturated rings. The normalized spacial score (nSPS) is 17.7. The number of amides is 1. The Kier molecular flexibility index (Phi) is 3.94. The zero-order valence-electron chi connectivity index (χ0n) is 10.4. The van der Waals surface area contributed by atoms with Crippen molar-refractivity contribution in [1.29, 1.82) is 0 Å². The van der Waals surface area contributed by atoms with Gasteiger partial charge in [0, 0.05) is 6.04 Å². The fourth-order valence-corrected chi connectivity index (χ4v) is 2.54. The third-order valence-corrected chi connectivity index (χ3v) is 3.66. The van der Waals surface area contributed by atoms with E-state index in [0.29, 0.717) is 5.92 Å². The Morgan fingerprint density at radius 1 is 1.33 bits per heavy atom. The third-order valence-electron chi connectivity index (χ3n) is 3.66. The van der Waals surface area contributed by atoms with Crippen molar-refractivity contribution < 1.29 is 13.6 Å². The van der Waals surface area contributed by atoms with Crippen LogP contribution in [0, 0.1) is 17.6 Å². The van der Waals surface area contributed by atoms with E-state index in [0.717, 1.165) is 18.9 Å². The highest BCUT2D eigenvalue weighted by atomic mass is 19.2. The molecule has 18 heavy (non-hydrogen) atoms. The molecule has 2 rings (SSSR count). The average Bonchev–Trinajstić information content (AvgIpc) is 2.86. The minimum atomic E-state index is -1.08. The van der Waals surface area contributed by atoms with Gasteiger partial charge in [-0.15, -0.1) is 0 Å². The molecular weight excluding hydrogens is 236 g/mol. The monoisotopic (exact) mass is 253 g/mol. The molecule has 1 amide bonds. The fourth-order valence-electron chi connectivity index (χ4n) is 2.54. The number of hydrogen-bond acceptors (Lipinski definition) is 1. The molecule has 1 unspecified atom stereocenters. The van der Waals surface area contributed by atoms with Gasteiger partial charge in [0.15, 0.2) is 11.6 Å². The second kappa shape index (κ2) is 5.46. The Morgan fingerprint density at radius 3 is 2.67 bits per heavy atom. The lowest BCUT2D eigenvalue weighted by molar-refractivity contribution is 0.0922. The van der Waals surface area contributed by atoms with Gasteiger partial charge in [-0.25, -0.2) is 8.78 Å². The van der Waals surface area contributed by atoms with Gasteiger partial charge in [0.2, 0.25) is 0 Å². The topological polar surface area (TPSA) is 29.1 Å². The molecule has 0 aromatic heterocycles. The Hall–Kier alpha value is -1.45. The second-order valence-electron chi connectivity index (χ2n) is 4.91. The van der Waals surface area contributed by atoms with Gasteiger partial charge in [0.05, 0.1) is 5.56 Å². The van der Waals surface area contributed by atoms with Crippen molar-refractivity contribution in [3.8, 4) is 0 Å². The summed E-state index contributed by atoms with van der Waals surface area (Å²) in [6.07, 6.45) is 4.54. The predicted molar refractivity (Wildman–Crippen MR) is 65.2 cm³/mol. The Labute approximate surface area is 105 Å². The molecule has 1 N–H and O–H groups in total. The first-order valence-corrected chi connectivity index (χ1v) is 6.34. The summed E-state index contributed by atoms with van der Waals surface area (Å²) in [5.41, 5.74) is -0.222. The largest absolute Gasteiger partial charge is 0.349 e. The zero-order valence-corrected chi connectivity index (χ0v) is 10.4. The number of rotatable bonds is 3.